The highest BCUT2D eigenvalue weighted by Crippen LogP contribution is 2.51. The van der Waals surface area contributed by atoms with E-state index in [-0.39, 0.29) is 51.9 Å². The highest BCUT2D eigenvalue weighted by atomic mass is 32.2. The van der Waals surface area contributed by atoms with Crippen LogP contribution in [0.5, 0.6) is 11.5 Å². The molecule has 4 aliphatic rings. The molecule has 5 rings (SSSR count). The Bertz CT molecular complexity index is 1400. The van der Waals surface area contributed by atoms with Gasteiger partial charge in [-0.25, -0.2) is 18.4 Å². The van der Waals surface area contributed by atoms with Crippen molar-refractivity contribution in [2.24, 2.45) is 17.0 Å². The molecule has 0 saturated carbocycles. The predicted molar refractivity (Wildman–Crippen MR) is 148 cm³/mol. The van der Waals surface area contributed by atoms with E-state index in [2.05, 4.69) is 10.6 Å². The van der Waals surface area contributed by atoms with Crippen LogP contribution in [0, 0.1) is 11.8 Å². The molecule has 0 aromatic heterocycles. The number of fused-ring (bicyclic) bond motifs is 2. The number of aliphatic hydroxyl groups excluding tert-OH is 1. The second kappa shape index (κ2) is 11.4. The zero-order chi connectivity index (χ0) is 29.6. The maximum atomic E-state index is 12.9. The molecular weight excluding hydrogens is 576 g/mol. The first-order valence-corrected chi connectivity index (χ1v) is 15.9. The van der Waals surface area contributed by atoms with Crippen molar-refractivity contribution in [1.82, 2.24) is 15.5 Å². The third kappa shape index (κ3) is 5.65. The van der Waals surface area contributed by atoms with Gasteiger partial charge >= 0.3 is 5.97 Å². The SMILES string of the molecule is CC(O)[C@H]1C(=O)N2C(C(=O)O)=C(SC3CNC(C(=O)NCCc4cc5c(c(S(N)(=O)=O)c4)OCCCO5)C3)[C@H](C)C12. The summed E-state index contributed by atoms with van der Waals surface area (Å²) in [6, 6.07) is 2.24. The van der Waals surface area contributed by atoms with Crippen molar-refractivity contribution in [2.45, 2.75) is 61.4 Å². The van der Waals surface area contributed by atoms with Gasteiger partial charge in [-0.3, -0.25) is 9.59 Å². The van der Waals surface area contributed by atoms with Crippen LogP contribution in [0.15, 0.2) is 27.6 Å². The van der Waals surface area contributed by atoms with Gasteiger partial charge in [0.15, 0.2) is 11.5 Å². The number of β-lactam (4-membered cyclic amide) rings is 1. The Morgan fingerprint density at radius 1 is 1.29 bits per heavy atom. The minimum Gasteiger partial charge on any atom is -0.490 e. The van der Waals surface area contributed by atoms with Crippen LogP contribution < -0.4 is 25.2 Å². The van der Waals surface area contributed by atoms with Crippen LogP contribution in [0.25, 0.3) is 0 Å². The van der Waals surface area contributed by atoms with Gasteiger partial charge in [0.1, 0.15) is 10.6 Å². The quantitative estimate of drug-likeness (QED) is 0.232. The van der Waals surface area contributed by atoms with Crippen LogP contribution >= 0.6 is 11.8 Å². The van der Waals surface area contributed by atoms with Gasteiger partial charge in [-0.1, -0.05) is 6.92 Å². The van der Waals surface area contributed by atoms with Gasteiger partial charge in [-0.2, -0.15) is 0 Å². The molecule has 0 bridgehead atoms. The van der Waals surface area contributed by atoms with Crippen molar-refractivity contribution in [3.05, 3.63) is 28.3 Å². The molecule has 41 heavy (non-hydrogen) atoms. The topological polar surface area (TPSA) is 198 Å². The van der Waals surface area contributed by atoms with Gasteiger partial charge in [0, 0.05) is 35.6 Å². The molecule has 13 nitrogen and oxygen atoms in total. The maximum Gasteiger partial charge on any atom is 0.353 e. The average Bonchev–Trinajstić information content (AvgIpc) is 3.35. The van der Waals surface area contributed by atoms with E-state index in [1.165, 1.54) is 29.7 Å². The number of carboxylic acid groups (broad SMARTS) is 1. The minimum atomic E-state index is -4.06. The fraction of sp³-hybridized carbons (Fsp3) is 0.577. The van der Waals surface area contributed by atoms with Crippen molar-refractivity contribution in [1.29, 1.82) is 0 Å². The first kappa shape index (κ1) is 29.6. The van der Waals surface area contributed by atoms with Crippen LogP contribution in [0.1, 0.15) is 32.3 Å². The highest BCUT2D eigenvalue weighted by molar-refractivity contribution is 8.03. The lowest BCUT2D eigenvalue weighted by Crippen LogP contribution is -2.63. The summed E-state index contributed by atoms with van der Waals surface area (Å²) in [6.07, 6.45) is 0.519. The lowest BCUT2D eigenvalue weighted by atomic mass is 9.79. The lowest BCUT2D eigenvalue weighted by Gasteiger charge is -2.46. The Morgan fingerprint density at radius 3 is 2.71 bits per heavy atom. The van der Waals surface area contributed by atoms with E-state index < -0.39 is 34.1 Å². The number of primary sulfonamides is 1. The first-order valence-electron chi connectivity index (χ1n) is 13.5. The standard InChI is InChI=1S/C26H34N4O9S2/c1-12-20-19(13(2)31)25(33)30(20)21(26(34)35)23(12)40-15-10-16(29-11-15)24(32)28-5-4-14-8-17-22(39-7-3-6-38-17)18(9-14)41(27,36)37/h8-9,12-13,15-16,19-20,29,31H,3-7,10-11H2,1-2H3,(H,28,32)(H,34,35)(H2,27,36,37)/t12-,13?,15?,16?,19-,20?/m1/s1. The van der Waals surface area contributed by atoms with Crippen LogP contribution in [-0.4, -0.2) is 91.1 Å². The summed E-state index contributed by atoms with van der Waals surface area (Å²) in [5, 5.41) is 31.3. The Balaban J connectivity index is 1.19. The van der Waals surface area contributed by atoms with E-state index in [0.717, 1.165) is 0 Å². The number of hydrogen-bond donors (Lipinski definition) is 5. The number of rotatable bonds is 9. The van der Waals surface area contributed by atoms with Crippen LogP contribution in [0.4, 0.5) is 0 Å². The Morgan fingerprint density at radius 2 is 2.02 bits per heavy atom. The zero-order valence-corrected chi connectivity index (χ0v) is 24.3. The number of benzene rings is 1. The smallest absolute Gasteiger partial charge is 0.353 e. The summed E-state index contributed by atoms with van der Waals surface area (Å²) < 4.78 is 35.5. The minimum absolute atomic E-state index is 0.0312. The Labute approximate surface area is 241 Å². The molecule has 2 fully saturated rings. The Hall–Kier alpha value is -2.85. The van der Waals surface area contributed by atoms with Crippen molar-refractivity contribution < 1.29 is 42.5 Å². The zero-order valence-electron chi connectivity index (χ0n) is 22.7. The predicted octanol–water partition coefficient (Wildman–Crippen LogP) is -0.229. The first-order chi connectivity index (χ1) is 19.4. The van der Waals surface area contributed by atoms with Gasteiger partial charge in [0.2, 0.25) is 21.8 Å². The third-order valence-electron chi connectivity index (χ3n) is 7.90. The number of amides is 2. The number of thioether (sulfide) groups is 1. The molecule has 6 N–H and O–H groups in total. The van der Waals surface area contributed by atoms with Gasteiger partial charge in [-0.15, -0.1) is 11.8 Å². The molecule has 1 aromatic rings. The van der Waals surface area contributed by atoms with E-state index in [1.54, 1.807) is 6.07 Å². The van der Waals surface area contributed by atoms with E-state index in [9.17, 15) is 33.0 Å². The number of nitrogens with one attached hydrogen (secondary N) is 2. The van der Waals surface area contributed by atoms with Gasteiger partial charge in [-0.05, 0) is 37.5 Å². The molecule has 4 heterocycles. The number of nitrogens with zero attached hydrogens (tertiary/aromatic N) is 1. The molecule has 4 aliphatic heterocycles. The molecule has 6 atom stereocenters. The van der Waals surface area contributed by atoms with Gasteiger partial charge in [0.25, 0.3) is 0 Å². The number of carboxylic acids is 1. The largest absolute Gasteiger partial charge is 0.490 e. The van der Waals surface area contributed by atoms with Crippen molar-refractivity contribution in [3.8, 4) is 11.5 Å². The second-order valence-electron chi connectivity index (χ2n) is 10.8. The summed E-state index contributed by atoms with van der Waals surface area (Å²) in [5.74, 6) is -2.25. The van der Waals surface area contributed by atoms with Crippen molar-refractivity contribution in [3.63, 3.8) is 0 Å². The monoisotopic (exact) mass is 610 g/mol. The molecule has 4 unspecified atom stereocenters. The van der Waals surface area contributed by atoms with Crippen LogP contribution in [0.2, 0.25) is 0 Å². The van der Waals surface area contributed by atoms with Crippen molar-refractivity contribution in [2.75, 3.05) is 26.3 Å². The lowest BCUT2D eigenvalue weighted by molar-refractivity contribution is -0.163. The number of carbonyl (C=O) groups excluding carboxylic acids is 2. The fourth-order valence-corrected chi connectivity index (χ4v) is 8.17. The number of aliphatic carboxylic acids is 1. The van der Waals surface area contributed by atoms with Crippen LogP contribution in [-0.2, 0) is 30.8 Å². The summed E-state index contributed by atoms with van der Waals surface area (Å²) >= 11 is 1.37. The maximum absolute atomic E-state index is 12.9. The van der Waals surface area contributed by atoms with E-state index in [1.807, 2.05) is 6.92 Å². The molecule has 2 amide bonds. The number of carbonyl (C=O) groups is 3. The molecule has 0 aliphatic carbocycles. The molecule has 0 spiro atoms. The fourth-order valence-electron chi connectivity index (χ4n) is 5.96. The molecule has 0 radical (unpaired) electrons. The highest BCUT2D eigenvalue weighted by Gasteiger charge is 2.60. The molecule has 2 saturated heterocycles. The van der Waals surface area contributed by atoms with Crippen molar-refractivity contribution >= 4 is 39.6 Å². The second-order valence-corrected chi connectivity index (χ2v) is 13.6. The summed E-state index contributed by atoms with van der Waals surface area (Å²) in [6.45, 7) is 4.81. The normalized spacial score (nSPS) is 28.1. The number of ether oxygens (including phenoxy) is 2. The van der Waals surface area contributed by atoms with E-state index >= 15 is 0 Å². The molecule has 224 valence electrons. The third-order valence-corrected chi connectivity index (χ3v) is 10.3. The molecule has 1 aromatic carbocycles. The molecular formula is C26H34N4O9S2. The average molecular weight is 611 g/mol. The molecule has 15 heteroatoms. The van der Waals surface area contributed by atoms with Gasteiger partial charge in [0.05, 0.1) is 37.3 Å². The Kier molecular flexibility index (Phi) is 8.27. The van der Waals surface area contributed by atoms with Crippen LogP contribution in [0.3, 0.4) is 0 Å². The number of hydrogen-bond acceptors (Lipinski definition) is 10. The van der Waals surface area contributed by atoms with Gasteiger partial charge < -0.3 is 35.2 Å². The number of nitrogens with two attached hydrogens (primary N) is 1. The number of aliphatic hydroxyl groups is 1. The van der Waals surface area contributed by atoms with E-state index in [4.69, 9.17) is 14.6 Å². The number of sulfonamides is 1. The van der Waals surface area contributed by atoms with E-state index in [0.29, 0.717) is 55.2 Å². The summed E-state index contributed by atoms with van der Waals surface area (Å²) in [7, 11) is -4.06. The summed E-state index contributed by atoms with van der Waals surface area (Å²) in [5.41, 5.74) is 0.584. The summed E-state index contributed by atoms with van der Waals surface area (Å²) in [4.78, 5) is 39.3.